The number of amides is 1. The zero-order valence-electron chi connectivity index (χ0n) is 20.8. The molecular weight excluding hydrogens is 464 g/mol. The van der Waals surface area contributed by atoms with Gasteiger partial charge in [-0.1, -0.05) is 35.9 Å². The summed E-state index contributed by atoms with van der Waals surface area (Å²) in [5, 5.41) is -0.180. The number of carbonyl (C=O) groups excluding carboxylic acids is 2. The molecule has 1 aliphatic heterocycles. The normalized spacial score (nSPS) is 16.2. The maximum atomic E-state index is 15.8. The van der Waals surface area contributed by atoms with Crippen molar-refractivity contribution in [2.75, 3.05) is 24.5 Å². The van der Waals surface area contributed by atoms with Gasteiger partial charge in [0.2, 0.25) is 11.3 Å². The number of rotatable bonds is 5. The molecule has 1 atom stereocenters. The molecule has 2 aromatic carbocycles. The summed E-state index contributed by atoms with van der Waals surface area (Å²) in [5.74, 6) is -2.34. The number of aromatic nitrogens is 1. The van der Waals surface area contributed by atoms with Gasteiger partial charge < -0.3 is 14.4 Å². The Morgan fingerprint density at radius 3 is 2.44 bits per heavy atom. The van der Waals surface area contributed by atoms with Crippen molar-refractivity contribution in [1.29, 1.82) is 0 Å². The zero-order valence-corrected chi connectivity index (χ0v) is 20.8. The monoisotopic (exact) mass is 493 g/mol. The van der Waals surface area contributed by atoms with Crippen LogP contribution in [0.2, 0.25) is 0 Å². The summed E-state index contributed by atoms with van der Waals surface area (Å²) in [4.78, 5) is 41.1. The van der Waals surface area contributed by atoms with Gasteiger partial charge in [0.1, 0.15) is 11.5 Å². The molecule has 36 heavy (non-hydrogen) atoms. The van der Waals surface area contributed by atoms with Crippen LogP contribution in [-0.2, 0) is 11.3 Å². The van der Waals surface area contributed by atoms with Crippen molar-refractivity contribution >= 4 is 34.4 Å². The molecule has 1 fully saturated rings. The lowest BCUT2D eigenvalue weighted by molar-refractivity contribution is -0.131. The average molecular weight is 494 g/mol. The molecule has 1 unspecified atom stereocenters. The first-order chi connectivity index (χ1) is 17.1. The van der Waals surface area contributed by atoms with Crippen molar-refractivity contribution in [3.05, 3.63) is 81.2 Å². The van der Waals surface area contributed by atoms with Crippen LogP contribution < -0.4 is 10.3 Å². The fourth-order valence-corrected chi connectivity index (χ4v) is 4.76. The number of hydrogen-bond donors (Lipinski definition) is 0. The van der Waals surface area contributed by atoms with Gasteiger partial charge in [0, 0.05) is 45.3 Å². The second-order valence-corrected chi connectivity index (χ2v) is 9.19. The van der Waals surface area contributed by atoms with E-state index in [1.165, 1.54) is 23.8 Å². The fraction of sp³-hybridized carbons (Fsp3) is 0.321. The minimum atomic E-state index is -0.872. The van der Waals surface area contributed by atoms with E-state index in [0.29, 0.717) is 6.54 Å². The number of carbonyl (C=O) groups is 2. The Morgan fingerprint density at radius 1 is 1.14 bits per heavy atom. The number of ketones is 1. The number of aryl methyl sites for hydroxylation is 2. The molecule has 1 saturated heterocycles. The van der Waals surface area contributed by atoms with Crippen molar-refractivity contribution in [2.24, 2.45) is 0 Å². The second-order valence-electron chi connectivity index (χ2n) is 9.19. The number of benzene rings is 2. The Balaban J connectivity index is 1.76. The predicted molar refractivity (Wildman–Crippen MR) is 137 cm³/mol. The van der Waals surface area contributed by atoms with Gasteiger partial charge in [-0.3, -0.25) is 14.4 Å². The zero-order chi connectivity index (χ0) is 26.1. The number of hydrogen-bond acceptors (Lipinski definition) is 4. The van der Waals surface area contributed by atoms with E-state index in [2.05, 4.69) is 0 Å². The lowest BCUT2D eigenvalue weighted by atomic mass is 10.0. The smallest absolute Gasteiger partial charge is 0.219 e. The van der Waals surface area contributed by atoms with Crippen LogP contribution in [0.25, 0.3) is 17.0 Å². The summed E-state index contributed by atoms with van der Waals surface area (Å²) in [5.41, 5.74) is 0.747. The lowest BCUT2D eigenvalue weighted by Crippen LogP contribution is -2.54. The van der Waals surface area contributed by atoms with Gasteiger partial charge in [-0.25, -0.2) is 8.78 Å². The van der Waals surface area contributed by atoms with E-state index in [1.54, 1.807) is 22.8 Å². The van der Waals surface area contributed by atoms with Crippen molar-refractivity contribution in [3.8, 4) is 0 Å². The number of piperazine rings is 1. The summed E-state index contributed by atoms with van der Waals surface area (Å²) < 4.78 is 32.6. The minimum Gasteiger partial charge on any atom is -0.363 e. The summed E-state index contributed by atoms with van der Waals surface area (Å²) in [6, 6.07) is 8.33. The number of halogens is 2. The van der Waals surface area contributed by atoms with Crippen molar-refractivity contribution in [1.82, 2.24) is 9.47 Å². The molecule has 0 radical (unpaired) electrons. The molecule has 8 heteroatoms. The number of allylic oxidation sites excluding steroid dienone is 1. The molecule has 0 saturated carbocycles. The van der Waals surface area contributed by atoms with Gasteiger partial charge >= 0.3 is 0 Å². The number of anilines is 1. The average Bonchev–Trinajstić information content (AvgIpc) is 2.84. The highest BCUT2D eigenvalue weighted by Crippen LogP contribution is 2.31. The van der Waals surface area contributed by atoms with Gasteiger partial charge in [0.05, 0.1) is 16.5 Å². The number of nitrogens with zero attached hydrogens (tertiary/aromatic N) is 3. The van der Waals surface area contributed by atoms with Crippen LogP contribution in [0.1, 0.15) is 42.3 Å². The van der Waals surface area contributed by atoms with Crippen molar-refractivity contribution in [2.45, 2.75) is 40.3 Å². The van der Waals surface area contributed by atoms with Gasteiger partial charge in [0.25, 0.3) is 0 Å². The standard InChI is InChI=1S/C28H29F2N3O3/c1-5-31-16-22(24(35)11-10-20-8-6-17(2)7-9-20)28(36)21-14-23(29)27(25(30)26(21)31)32-12-13-33(19(4)34)18(3)15-32/h6-11,14,16,18H,5,12-13,15H2,1-4H3/b11-10+. The summed E-state index contributed by atoms with van der Waals surface area (Å²) >= 11 is 0. The molecule has 3 aromatic rings. The van der Waals surface area contributed by atoms with Gasteiger partial charge in [-0.2, -0.15) is 0 Å². The first-order valence-electron chi connectivity index (χ1n) is 12.0. The van der Waals surface area contributed by atoms with E-state index in [4.69, 9.17) is 0 Å². The molecule has 6 nitrogen and oxygen atoms in total. The van der Waals surface area contributed by atoms with E-state index >= 15 is 8.78 Å². The Morgan fingerprint density at radius 2 is 1.83 bits per heavy atom. The van der Waals surface area contributed by atoms with Gasteiger partial charge in [-0.15, -0.1) is 0 Å². The topological polar surface area (TPSA) is 62.6 Å². The van der Waals surface area contributed by atoms with E-state index < -0.39 is 22.8 Å². The number of pyridine rings is 1. The quantitative estimate of drug-likeness (QED) is 0.386. The van der Waals surface area contributed by atoms with E-state index in [9.17, 15) is 14.4 Å². The van der Waals surface area contributed by atoms with Crippen LogP contribution in [0.4, 0.5) is 14.5 Å². The molecule has 1 amide bonds. The highest BCUT2D eigenvalue weighted by molar-refractivity contribution is 6.08. The Bertz CT molecular complexity index is 1430. The molecule has 1 aromatic heterocycles. The lowest BCUT2D eigenvalue weighted by Gasteiger charge is -2.40. The maximum Gasteiger partial charge on any atom is 0.219 e. The van der Waals surface area contributed by atoms with Crippen LogP contribution in [0, 0.1) is 18.6 Å². The summed E-state index contributed by atoms with van der Waals surface area (Å²) in [6.07, 6.45) is 4.24. The van der Waals surface area contributed by atoms with Crippen LogP contribution in [0.3, 0.4) is 0 Å². The fourth-order valence-electron chi connectivity index (χ4n) is 4.76. The largest absolute Gasteiger partial charge is 0.363 e. The third-order valence-electron chi connectivity index (χ3n) is 6.69. The molecule has 4 rings (SSSR count). The first kappa shape index (κ1) is 25.3. The highest BCUT2D eigenvalue weighted by Gasteiger charge is 2.30. The van der Waals surface area contributed by atoms with E-state index in [-0.39, 0.29) is 53.7 Å². The van der Waals surface area contributed by atoms with E-state index in [0.717, 1.165) is 17.2 Å². The third kappa shape index (κ3) is 4.67. The molecule has 0 spiro atoms. The molecular formula is C28H29F2N3O3. The Kier molecular flexibility index (Phi) is 7.06. The van der Waals surface area contributed by atoms with Crippen molar-refractivity contribution < 1.29 is 18.4 Å². The molecule has 188 valence electrons. The van der Waals surface area contributed by atoms with Crippen molar-refractivity contribution in [3.63, 3.8) is 0 Å². The summed E-state index contributed by atoms with van der Waals surface area (Å²) in [7, 11) is 0. The number of fused-ring (bicyclic) bond motifs is 1. The SMILES string of the molecule is CCn1cc(C(=O)/C=C/c2ccc(C)cc2)c(=O)c2cc(F)c(N3CCN(C(C)=O)C(C)C3)c(F)c21. The molecule has 2 heterocycles. The van der Waals surface area contributed by atoms with E-state index in [1.807, 2.05) is 38.1 Å². The van der Waals surface area contributed by atoms with Crippen LogP contribution in [0.5, 0.6) is 0 Å². The predicted octanol–water partition coefficient (Wildman–Crippen LogP) is 4.56. The second kappa shape index (κ2) is 10.0. The van der Waals surface area contributed by atoms with Gasteiger partial charge in [0.15, 0.2) is 11.6 Å². The van der Waals surface area contributed by atoms with Gasteiger partial charge in [-0.05, 0) is 38.5 Å². The molecule has 0 N–H and O–H groups in total. The minimum absolute atomic E-state index is 0.0420. The molecule has 1 aliphatic rings. The Labute approximate surface area is 208 Å². The maximum absolute atomic E-state index is 15.8. The highest BCUT2D eigenvalue weighted by atomic mass is 19.1. The Hall–Kier alpha value is -3.81. The third-order valence-corrected chi connectivity index (χ3v) is 6.69. The van der Waals surface area contributed by atoms with Crippen LogP contribution in [-0.4, -0.2) is 46.8 Å². The van der Waals surface area contributed by atoms with Crippen LogP contribution >= 0.6 is 0 Å². The molecule has 0 aliphatic carbocycles. The summed E-state index contributed by atoms with van der Waals surface area (Å²) in [6.45, 7) is 8.15. The van der Waals surface area contributed by atoms with Crippen LogP contribution in [0.15, 0.2) is 47.4 Å². The first-order valence-corrected chi connectivity index (χ1v) is 12.0. The molecule has 0 bridgehead atoms.